The Morgan fingerprint density at radius 2 is 2.25 bits per heavy atom. The summed E-state index contributed by atoms with van der Waals surface area (Å²) in [5.74, 6) is -0.374. The summed E-state index contributed by atoms with van der Waals surface area (Å²) in [4.78, 5) is 10.1. The molecule has 0 bridgehead atoms. The van der Waals surface area contributed by atoms with E-state index in [0.717, 1.165) is 13.0 Å². The van der Waals surface area contributed by atoms with E-state index in [2.05, 4.69) is 5.32 Å². The molecule has 0 saturated heterocycles. The van der Waals surface area contributed by atoms with Crippen LogP contribution in [-0.2, 0) is 4.79 Å². The molecule has 0 aliphatic heterocycles. The average molecular weight is 175 g/mol. The van der Waals surface area contributed by atoms with Gasteiger partial charge in [-0.2, -0.15) is 0 Å². The minimum Gasteiger partial charge on any atom is -0.481 e. The minimum atomic E-state index is -0.780. The number of rotatable bonds is 7. The molecule has 0 heterocycles. The Kier molecular flexibility index (Phi) is 6.70. The number of hydrogen-bond donors (Lipinski definition) is 3. The Labute approximate surface area is 72.6 Å². The van der Waals surface area contributed by atoms with E-state index in [1.807, 2.05) is 6.92 Å². The number of aliphatic hydroxyl groups is 1. The summed E-state index contributed by atoms with van der Waals surface area (Å²) in [6, 6.07) is 0. The van der Waals surface area contributed by atoms with Crippen molar-refractivity contribution in [3.8, 4) is 0 Å². The molecule has 0 aromatic heterocycles. The van der Waals surface area contributed by atoms with Crippen molar-refractivity contribution < 1.29 is 15.0 Å². The first-order valence-electron chi connectivity index (χ1n) is 4.20. The largest absolute Gasteiger partial charge is 0.481 e. The van der Waals surface area contributed by atoms with E-state index < -0.39 is 5.97 Å². The lowest BCUT2D eigenvalue weighted by Gasteiger charge is -2.09. The van der Waals surface area contributed by atoms with E-state index in [-0.39, 0.29) is 13.0 Å². The highest BCUT2D eigenvalue weighted by atomic mass is 16.4. The summed E-state index contributed by atoms with van der Waals surface area (Å²) in [6.07, 6.45) is 0.923. The molecule has 0 amide bonds. The fourth-order valence-electron chi connectivity index (χ4n) is 0.866. The maximum atomic E-state index is 10.1. The topological polar surface area (TPSA) is 69.6 Å². The molecule has 0 radical (unpaired) electrons. The number of carbonyl (C=O) groups is 1. The molecule has 4 heteroatoms. The first-order chi connectivity index (χ1) is 5.66. The predicted molar refractivity (Wildman–Crippen MR) is 46.0 cm³/mol. The van der Waals surface area contributed by atoms with Gasteiger partial charge in [-0.25, -0.2) is 0 Å². The molecule has 1 unspecified atom stereocenters. The van der Waals surface area contributed by atoms with Gasteiger partial charge in [0.05, 0.1) is 6.42 Å². The van der Waals surface area contributed by atoms with Crippen molar-refractivity contribution in [2.75, 3.05) is 19.7 Å². The molecule has 12 heavy (non-hydrogen) atoms. The van der Waals surface area contributed by atoms with Gasteiger partial charge in [0.1, 0.15) is 0 Å². The van der Waals surface area contributed by atoms with E-state index in [9.17, 15) is 4.79 Å². The number of nitrogens with one attached hydrogen (secondary N) is 1. The lowest BCUT2D eigenvalue weighted by Crippen LogP contribution is -2.24. The van der Waals surface area contributed by atoms with Crippen LogP contribution in [0.3, 0.4) is 0 Å². The monoisotopic (exact) mass is 175 g/mol. The van der Waals surface area contributed by atoms with Crippen LogP contribution < -0.4 is 5.32 Å². The predicted octanol–water partition coefficient (Wildman–Crippen LogP) is 0.0692. The van der Waals surface area contributed by atoms with Gasteiger partial charge >= 0.3 is 5.97 Å². The van der Waals surface area contributed by atoms with Crippen molar-refractivity contribution >= 4 is 5.97 Å². The molecular formula is C8H17NO3. The van der Waals surface area contributed by atoms with Crippen molar-refractivity contribution in [2.45, 2.75) is 19.8 Å². The van der Waals surface area contributed by atoms with Crippen molar-refractivity contribution in [3.05, 3.63) is 0 Å². The number of aliphatic hydroxyl groups excluding tert-OH is 1. The van der Waals surface area contributed by atoms with Crippen LogP contribution in [-0.4, -0.2) is 35.9 Å². The lowest BCUT2D eigenvalue weighted by atomic mass is 10.1. The zero-order valence-electron chi connectivity index (χ0n) is 7.42. The highest BCUT2D eigenvalue weighted by molar-refractivity contribution is 5.66. The molecule has 0 spiro atoms. The third-order valence-corrected chi connectivity index (χ3v) is 1.63. The molecule has 0 rings (SSSR count). The van der Waals surface area contributed by atoms with E-state index in [1.165, 1.54) is 0 Å². The summed E-state index contributed by atoms with van der Waals surface area (Å²) in [5.41, 5.74) is 0. The summed E-state index contributed by atoms with van der Waals surface area (Å²) in [7, 11) is 0. The van der Waals surface area contributed by atoms with E-state index >= 15 is 0 Å². The van der Waals surface area contributed by atoms with E-state index in [0.29, 0.717) is 12.5 Å². The third kappa shape index (κ3) is 7.50. The van der Waals surface area contributed by atoms with Gasteiger partial charge in [0.25, 0.3) is 0 Å². The molecule has 4 nitrogen and oxygen atoms in total. The maximum Gasteiger partial charge on any atom is 0.304 e. The molecule has 72 valence electrons. The molecule has 1 atom stereocenters. The van der Waals surface area contributed by atoms with E-state index in [1.54, 1.807) is 0 Å². The summed E-state index contributed by atoms with van der Waals surface area (Å²) >= 11 is 0. The Hall–Kier alpha value is -0.610. The fraction of sp³-hybridized carbons (Fsp3) is 0.875. The van der Waals surface area contributed by atoms with Crippen molar-refractivity contribution in [1.29, 1.82) is 0 Å². The maximum absolute atomic E-state index is 10.1. The van der Waals surface area contributed by atoms with Crippen LogP contribution in [0.1, 0.15) is 19.8 Å². The highest BCUT2D eigenvalue weighted by Gasteiger charge is 2.00. The summed E-state index contributed by atoms with van der Waals surface area (Å²) in [5, 5.41) is 19.9. The van der Waals surface area contributed by atoms with Crippen LogP contribution in [0.15, 0.2) is 0 Å². The second-order valence-electron chi connectivity index (χ2n) is 2.97. The van der Waals surface area contributed by atoms with Crippen molar-refractivity contribution in [1.82, 2.24) is 5.32 Å². The van der Waals surface area contributed by atoms with Gasteiger partial charge in [-0.1, -0.05) is 6.92 Å². The van der Waals surface area contributed by atoms with Gasteiger partial charge in [0.15, 0.2) is 0 Å². The van der Waals surface area contributed by atoms with Gasteiger partial charge in [-0.3, -0.25) is 4.79 Å². The smallest absolute Gasteiger partial charge is 0.304 e. The van der Waals surface area contributed by atoms with Crippen LogP contribution in [0.2, 0.25) is 0 Å². The molecule has 0 saturated carbocycles. The molecule has 3 N–H and O–H groups in total. The molecule has 0 aliphatic rings. The molecule has 0 fully saturated rings. The quantitative estimate of drug-likeness (QED) is 0.479. The highest BCUT2D eigenvalue weighted by Crippen LogP contribution is 1.97. The number of hydrogen-bond acceptors (Lipinski definition) is 3. The first-order valence-corrected chi connectivity index (χ1v) is 4.20. The second-order valence-corrected chi connectivity index (χ2v) is 2.97. The van der Waals surface area contributed by atoms with Crippen molar-refractivity contribution in [3.63, 3.8) is 0 Å². The third-order valence-electron chi connectivity index (χ3n) is 1.63. The Balaban J connectivity index is 3.13. The van der Waals surface area contributed by atoms with Gasteiger partial charge in [-0.05, 0) is 18.9 Å². The normalized spacial score (nSPS) is 12.8. The standard InChI is InChI=1S/C8H17NO3/c1-7(3-5-10)6-9-4-2-8(11)12/h7,9-10H,2-6H2,1H3,(H,11,12). The molecule has 0 aromatic carbocycles. The lowest BCUT2D eigenvalue weighted by molar-refractivity contribution is -0.136. The van der Waals surface area contributed by atoms with Gasteiger partial charge in [-0.15, -0.1) is 0 Å². The zero-order chi connectivity index (χ0) is 9.40. The zero-order valence-corrected chi connectivity index (χ0v) is 7.42. The molecule has 0 aliphatic carbocycles. The van der Waals surface area contributed by atoms with Crippen LogP contribution in [0.4, 0.5) is 0 Å². The Morgan fingerprint density at radius 1 is 1.58 bits per heavy atom. The first kappa shape index (κ1) is 11.4. The molecule has 0 aromatic rings. The van der Waals surface area contributed by atoms with Crippen LogP contribution >= 0.6 is 0 Å². The van der Waals surface area contributed by atoms with Crippen LogP contribution in [0.5, 0.6) is 0 Å². The van der Waals surface area contributed by atoms with Gasteiger partial charge in [0, 0.05) is 13.2 Å². The van der Waals surface area contributed by atoms with Gasteiger partial charge in [0.2, 0.25) is 0 Å². The van der Waals surface area contributed by atoms with Crippen LogP contribution in [0, 0.1) is 5.92 Å². The summed E-state index contributed by atoms with van der Waals surface area (Å²) < 4.78 is 0. The minimum absolute atomic E-state index is 0.159. The molecular weight excluding hydrogens is 158 g/mol. The SMILES string of the molecule is CC(CCO)CNCCC(=O)O. The second kappa shape index (κ2) is 7.06. The van der Waals surface area contributed by atoms with Gasteiger partial charge < -0.3 is 15.5 Å². The fourth-order valence-corrected chi connectivity index (χ4v) is 0.866. The van der Waals surface area contributed by atoms with Crippen molar-refractivity contribution in [2.24, 2.45) is 5.92 Å². The summed E-state index contributed by atoms with van der Waals surface area (Å²) in [6.45, 7) is 3.49. The van der Waals surface area contributed by atoms with E-state index in [4.69, 9.17) is 10.2 Å². The van der Waals surface area contributed by atoms with Crippen LogP contribution in [0.25, 0.3) is 0 Å². The number of carboxylic acid groups (broad SMARTS) is 1. The Bertz CT molecular complexity index is 127. The number of aliphatic carboxylic acids is 1. The Morgan fingerprint density at radius 3 is 2.75 bits per heavy atom. The number of carboxylic acids is 1. The average Bonchev–Trinajstić information content (AvgIpc) is 1.98.